The highest BCUT2D eigenvalue weighted by Gasteiger charge is 2.01. The molecule has 3 rings (SSSR count). The van der Waals surface area contributed by atoms with Crippen molar-refractivity contribution in [1.29, 1.82) is 0 Å². The first kappa shape index (κ1) is 15.9. The van der Waals surface area contributed by atoms with E-state index in [-0.39, 0.29) is 5.84 Å². The number of rotatable bonds is 7. The first-order chi connectivity index (χ1) is 11.8. The van der Waals surface area contributed by atoms with Crippen molar-refractivity contribution in [2.45, 2.75) is 19.4 Å². The fourth-order valence-electron chi connectivity index (χ4n) is 2.71. The maximum absolute atomic E-state index is 8.57. The molecule has 0 aliphatic carbocycles. The number of nitrogens with two attached hydrogens (primary N) is 1. The molecule has 0 saturated heterocycles. The van der Waals surface area contributed by atoms with Gasteiger partial charge in [0.05, 0.1) is 6.61 Å². The number of ether oxygens (including phenoxy) is 1. The SMILES string of the molecule is N/C(Cc1ccc(OCCCn2ccc3ccccc32)cc1)=N/O. The normalized spacial score (nSPS) is 11.8. The molecule has 1 heterocycles. The molecule has 0 radical (unpaired) electrons. The summed E-state index contributed by atoms with van der Waals surface area (Å²) in [6.45, 7) is 1.58. The summed E-state index contributed by atoms with van der Waals surface area (Å²) in [4.78, 5) is 0. The van der Waals surface area contributed by atoms with Gasteiger partial charge in [-0.1, -0.05) is 35.5 Å². The molecule has 0 saturated carbocycles. The van der Waals surface area contributed by atoms with Crippen LogP contribution in [0, 0.1) is 0 Å². The molecule has 0 bridgehead atoms. The van der Waals surface area contributed by atoms with Gasteiger partial charge in [0.25, 0.3) is 0 Å². The maximum Gasteiger partial charge on any atom is 0.143 e. The van der Waals surface area contributed by atoms with Crippen molar-refractivity contribution in [3.8, 4) is 5.75 Å². The molecule has 0 aliphatic heterocycles. The number of fused-ring (bicyclic) bond motifs is 1. The summed E-state index contributed by atoms with van der Waals surface area (Å²) in [5.74, 6) is 1.03. The summed E-state index contributed by atoms with van der Waals surface area (Å²) in [7, 11) is 0. The molecule has 3 N–H and O–H groups in total. The molecule has 0 amide bonds. The largest absolute Gasteiger partial charge is 0.494 e. The smallest absolute Gasteiger partial charge is 0.143 e. The third kappa shape index (κ3) is 3.87. The molecule has 3 aromatic rings. The van der Waals surface area contributed by atoms with Crippen LogP contribution in [0.4, 0.5) is 0 Å². The van der Waals surface area contributed by atoms with Crippen LogP contribution in [0.5, 0.6) is 5.75 Å². The van der Waals surface area contributed by atoms with Gasteiger partial charge in [-0.15, -0.1) is 0 Å². The zero-order valence-electron chi connectivity index (χ0n) is 13.4. The standard InChI is InChI=1S/C19H21N3O2/c20-19(21-23)14-15-6-8-17(9-7-15)24-13-3-11-22-12-10-16-4-1-2-5-18(16)22/h1-2,4-10,12,23H,3,11,13-14H2,(H2,20,21). The fraction of sp³-hybridized carbons (Fsp3) is 0.211. The highest BCUT2D eigenvalue weighted by atomic mass is 16.5. The Bertz CT molecular complexity index is 822. The maximum atomic E-state index is 8.57. The highest BCUT2D eigenvalue weighted by molar-refractivity contribution is 5.82. The second-order valence-corrected chi connectivity index (χ2v) is 5.68. The summed E-state index contributed by atoms with van der Waals surface area (Å²) in [5, 5.41) is 12.8. The van der Waals surface area contributed by atoms with Crippen LogP contribution in [0.2, 0.25) is 0 Å². The van der Waals surface area contributed by atoms with Crippen molar-refractivity contribution < 1.29 is 9.94 Å². The number of oxime groups is 1. The number of aryl methyl sites for hydroxylation is 1. The van der Waals surface area contributed by atoms with E-state index in [1.165, 1.54) is 10.9 Å². The van der Waals surface area contributed by atoms with Crippen LogP contribution in [0.25, 0.3) is 10.9 Å². The van der Waals surface area contributed by atoms with Crippen molar-refractivity contribution in [2.75, 3.05) is 6.61 Å². The Morgan fingerprint density at radius 2 is 1.88 bits per heavy atom. The van der Waals surface area contributed by atoms with Crippen LogP contribution < -0.4 is 10.5 Å². The Morgan fingerprint density at radius 1 is 1.08 bits per heavy atom. The lowest BCUT2D eigenvalue weighted by molar-refractivity contribution is 0.302. The van der Waals surface area contributed by atoms with E-state index >= 15 is 0 Å². The van der Waals surface area contributed by atoms with Crippen molar-refractivity contribution in [1.82, 2.24) is 4.57 Å². The van der Waals surface area contributed by atoms with Crippen molar-refractivity contribution >= 4 is 16.7 Å². The third-order valence-electron chi connectivity index (χ3n) is 3.93. The molecule has 0 aliphatic rings. The van der Waals surface area contributed by atoms with Gasteiger partial charge in [0.2, 0.25) is 0 Å². The second kappa shape index (κ2) is 7.55. The highest BCUT2D eigenvalue weighted by Crippen LogP contribution is 2.16. The quantitative estimate of drug-likeness (QED) is 0.230. The Kier molecular flexibility index (Phi) is 5.01. The Morgan fingerprint density at radius 3 is 2.67 bits per heavy atom. The van der Waals surface area contributed by atoms with Gasteiger partial charge in [0.1, 0.15) is 11.6 Å². The molecule has 1 aromatic heterocycles. The molecule has 5 nitrogen and oxygen atoms in total. The van der Waals surface area contributed by atoms with E-state index in [1.54, 1.807) is 0 Å². The molecule has 0 unspecified atom stereocenters. The van der Waals surface area contributed by atoms with Gasteiger partial charge in [-0.2, -0.15) is 0 Å². The van der Waals surface area contributed by atoms with E-state index in [2.05, 4.69) is 46.3 Å². The first-order valence-electron chi connectivity index (χ1n) is 7.98. The fourth-order valence-corrected chi connectivity index (χ4v) is 2.71. The van der Waals surface area contributed by atoms with Crippen LogP contribution in [-0.2, 0) is 13.0 Å². The van der Waals surface area contributed by atoms with Gasteiger partial charge >= 0.3 is 0 Å². The van der Waals surface area contributed by atoms with Gasteiger partial charge in [0, 0.05) is 24.7 Å². The summed E-state index contributed by atoms with van der Waals surface area (Å²) in [6.07, 6.45) is 3.48. The summed E-state index contributed by atoms with van der Waals surface area (Å²) < 4.78 is 8.03. The molecule has 2 aromatic carbocycles. The monoisotopic (exact) mass is 323 g/mol. The van der Waals surface area contributed by atoms with Crippen molar-refractivity contribution in [3.05, 3.63) is 66.4 Å². The van der Waals surface area contributed by atoms with E-state index < -0.39 is 0 Å². The van der Waals surface area contributed by atoms with Gasteiger partial charge in [-0.05, 0) is 41.6 Å². The van der Waals surface area contributed by atoms with Gasteiger partial charge < -0.3 is 20.2 Å². The van der Waals surface area contributed by atoms with Crippen LogP contribution in [0.3, 0.4) is 0 Å². The molecular formula is C19H21N3O2. The molecule has 124 valence electrons. The number of nitrogens with zero attached hydrogens (tertiary/aromatic N) is 2. The van der Waals surface area contributed by atoms with Gasteiger partial charge in [-0.3, -0.25) is 0 Å². The minimum absolute atomic E-state index is 0.197. The van der Waals surface area contributed by atoms with Gasteiger partial charge in [0.15, 0.2) is 0 Å². The van der Waals surface area contributed by atoms with Crippen molar-refractivity contribution in [3.63, 3.8) is 0 Å². The van der Waals surface area contributed by atoms with E-state index in [4.69, 9.17) is 15.7 Å². The number of hydrogen-bond acceptors (Lipinski definition) is 3. The number of benzene rings is 2. The summed E-state index contributed by atoms with van der Waals surface area (Å²) >= 11 is 0. The van der Waals surface area contributed by atoms with E-state index in [0.717, 1.165) is 24.3 Å². The average Bonchev–Trinajstić information content (AvgIpc) is 3.03. The predicted molar refractivity (Wildman–Crippen MR) is 95.6 cm³/mol. The molecule has 24 heavy (non-hydrogen) atoms. The lowest BCUT2D eigenvalue weighted by atomic mass is 10.1. The Labute approximate surface area is 141 Å². The lowest BCUT2D eigenvalue weighted by Gasteiger charge is -2.08. The zero-order chi connectivity index (χ0) is 16.8. The Balaban J connectivity index is 1.48. The third-order valence-corrected chi connectivity index (χ3v) is 3.93. The average molecular weight is 323 g/mol. The second-order valence-electron chi connectivity index (χ2n) is 5.68. The number of aromatic nitrogens is 1. The van der Waals surface area contributed by atoms with Crippen LogP contribution >= 0.6 is 0 Å². The minimum Gasteiger partial charge on any atom is -0.494 e. The van der Waals surface area contributed by atoms with E-state index in [9.17, 15) is 0 Å². The van der Waals surface area contributed by atoms with E-state index in [1.807, 2.05) is 24.3 Å². The Hall–Kier alpha value is -2.95. The van der Waals surface area contributed by atoms with Crippen LogP contribution in [-0.4, -0.2) is 22.2 Å². The number of hydrogen-bond donors (Lipinski definition) is 2. The first-order valence-corrected chi connectivity index (χ1v) is 7.98. The van der Waals surface area contributed by atoms with Gasteiger partial charge in [-0.25, -0.2) is 0 Å². The van der Waals surface area contributed by atoms with Crippen LogP contribution in [0.15, 0.2) is 65.9 Å². The van der Waals surface area contributed by atoms with Crippen LogP contribution in [0.1, 0.15) is 12.0 Å². The molecule has 0 spiro atoms. The van der Waals surface area contributed by atoms with Crippen molar-refractivity contribution in [2.24, 2.45) is 10.9 Å². The number of amidine groups is 1. The molecule has 0 fully saturated rings. The number of para-hydroxylation sites is 1. The molecular weight excluding hydrogens is 302 g/mol. The topological polar surface area (TPSA) is 72.8 Å². The van der Waals surface area contributed by atoms with E-state index in [0.29, 0.717) is 13.0 Å². The predicted octanol–water partition coefficient (Wildman–Crippen LogP) is 3.40. The summed E-state index contributed by atoms with van der Waals surface area (Å²) in [6, 6.07) is 18.2. The molecule has 0 atom stereocenters. The lowest BCUT2D eigenvalue weighted by Crippen LogP contribution is -2.14. The zero-order valence-corrected chi connectivity index (χ0v) is 13.4. The summed E-state index contributed by atoms with van der Waals surface area (Å²) in [5.41, 5.74) is 7.73. The minimum atomic E-state index is 0.197. The molecule has 5 heteroatoms.